The molecule has 1 aliphatic carbocycles. The van der Waals surface area contributed by atoms with Crippen LogP contribution in [0.1, 0.15) is 12.8 Å². The van der Waals surface area contributed by atoms with Crippen LogP contribution in [0, 0.1) is 5.92 Å². The van der Waals surface area contributed by atoms with Gasteiger partial charge in [-0.1, -0.05) is 0 Å². The Morgan fingerprint density at radius 1 is 1.35 bits per heavy atom. The maximum absolute atomic E-state index is 6.34. The highest BCUT2D eigenvalue weighted by atomic mass is 15.3. The molecule has 2 fully saturated rings. The Hall–Kier alpha value is -1.69. The minimum Gasteiger partial charge on any atom is -0.350 e. The Kier molecular flexibility index (Phi) is 1.62. The van der Waals surface area contributed by atoms with E-state index < -0.39 is 0 Å². The highest BCUT2D eigenvalue weighted by Crippen LogP contribution is 2.44. The van der Waals surface area contributed by atoms with Gasteiger partial charge in [-0.3, -0.25) is 4.40 Å². The second kappa shape index (κ2) is 2.95. The molecule has 1 aliphatic heterocycles. The fourth-order valence-electron chi connectivity index (χ4n) is 2.70. The lowest BCUT2D eigenvalue weighted by molar-refractivity contribution is 0.289. The summed E-state index contributed by atoms with van der Waals surface area (Å²) in [5.74, 6) is 1.61. The highest BCUT2D eigenvalue weighted by Gasteiger charge is 2.51. The molecule has 1 saturated carbocycles. The molecule has 6 heteroatoms. The summed E-state index contributed by atoms with van der Waals surface area (Å²) in [6, 6.07) is 0. The van der Waals surface area contributed by atoms with Crippen LogP contribution in [0.4, 0.5) is 5.82 Å². The van der Waals surface area contributed by atoms with Crippen LogP contribution >= 0.6 is 0 Å². The monoisotopic (exact) mass is 230 g/mol. The molecule has 2 aliphatic rings. The second-order valence-electron chi connectivity index (χ2n) is 5.18. The van der Waals surface area contributed by atoms with Crippen LogP contribution in [0.25, 0.3) is 5.65 Å². The molecule has 0 amide bonds. The largest absolute Gasteiger partial charge is 0.350 e. The lowest BCUT2D eigenvalue weighted by Gasteiger charge is -2.48. The first-order chi connectivity index (χ1) is 8.26. The first-order valence-electron chi connectivity index (χ1n) is 5.94. The van der Waals surface area contributed by atoms with Gasteiger partial charge in [0.05, 0.1) is 5.54 Å². The molecule has 0 bridgehead atoms. The van der Waals surface area contributed by atoms with Crippen LogP contribution in [0.5, 0.6) is 0 Å². The van der Waals surface area contributed by atoms with Crippen molar-refractivity contribution in [3.63, 3.8) is 0 Å². The van der Waals surface area contributed by atoms with Gasteiger partial charge in [-0.25, -0.2) is 4.98 Å². The molecule has 2 N–H and O–H groups in total. The Labute approximate surface area is 98.5 Å². The van der Waals surface area contributed by atoms with Crippen molar-refractivity contribution in [2.45, 2.75) is 18.4 Å². The lowest BCUT2D eigenvalue weighted by atomic mass is 9.86. The van der Waals surface area contributed by atoms with Crippen molar-refractivity contribution in [3.05, 3.63) is 18.7 Å². The third-order valence-corrected chi connectivity index (χ3v) is 3.86. The van der Waals surface area contributed by atoms with Gasteiger partial charge in [0, 0.05) is 25.5 Å². The van der Waals surface area contributed by atoms with Gasteiger partial charge in [-0.2, -0.15) is 0 Å². The van der Waals surface area contributed by atoms with Gasteiger partial charge < -0.3 is 10.6 Å². The van der Waals surface area contributed by atoms with Crippen molar-refractivity contribution in [2.24, 2.45) is 11.7 Å². The molecular formula is C11H14N6. The smallest absolute Gasteiger partial charge is 0.203 e. The number of hydrogen-bond acceptors (Lipinski definition) is 5. The quantitative estimate of drug-likeness (QED) is 0.789. The number of nitrogens with zero attached hydrogens (tertiary/aromatic N) is 5. The number of aromatic nitrogens is 4. The zero-order chi connectivity index (χ0) is 11.5. The van der Waals surface area contributed by atoms with Gasteiger partial charge in [0.1, 0.15) is 6.33 Å². The molecule has 0 spiro atoms. The molecule has 88 valence electrons. The minimum absolute atomic E-state index is 0.00847. The molecule has 0 radical (unpaired) electrons. The number of anilines is 1. The summed E-state index contributed by atoms with van der Waals surface area (Å²) < 4.78 is 1.88. The summed E-state index contributed by atoms with van der Waals surface area (Å²) in [6.07, 6.45) is 7.89. The highest BCUT2D eigenvalue weighted by molar-refractivity contribution is 5.65. The van der Waals surface area contributed by atoms with Crippen LogP contribution in [0.2, 0.25) is 0 Å². The van der Waals surface area contributed by atoms with E-state index in [4.69, 9.17) is 5.73 Å². The molecule has 17 heavy (non-hydrogen) atoms. The van der Waals surface area contributed by atoms with Crippen LogP contribution < -0.4 is 10.6 Å². The predicted octanol–water partition coefficient (Wildman–Crippen LogP) is 0.0518. The van der Waals surface area contributed by atoms with E-state index in [9.17, 15) is 0 Å². The predicted molar refractivity (Wildman–Crippen MR) is 62.6 cm³/mol. The van der Waals surface area contributed by atoms with Crippen molar-refractivity contribution in [3.8, 4) is 0 Å². The maximum Gasteiger partial charge on any atom is 0.203 e. The summed E-state index contributed by atoms with van der Waals surface area (Å²) in [5, 5.41) is 8.00. The average Bonchev–Trinajstić information content (AvgIpc) is 3.03. The Bertz CT molecular complexity index is 566. The lowest BCUT2D eigenvalue weighted by Crippen LogP contribution is -2.69. The fraction of sp³-hybridized carbons (Fsp3) is 0.545. The van der Waals surface area contributed by atoms with E-state index in [0.717, 1.165) is 30.5 Å². The van der Waals surface area contributed by atoms with E-state index >= 15 is 0 Å². The first-order valence-corrected chi connectivity index (χ1v) is 5.94. The summed E-state index contributed by atoms with van der Waals surface area (Å²) >= 11 is 0. The molecule has 6 nitrogen and oxygen atoms in total. The number of fused-ring (bicyclic) bond motifs is 1. The molecule has 3 heterocycles. The van der Waals surface area contributed by atoms with E-state index in [1.807, 2.05) is 10.6 Å². The normalized spacial score (nSPS) is 22.8. The van der Waals surface area contributed by atoms with Crippen molar-refractivity contribution in [1.82, 2.24) is 19.6 Å². The second-order valence-corrected chi connectivity index (χ2v) is 5.18. The molecule has 2 aromatic rings. The Morgan fingerprint density at radius 3 is 2.94 bits per heavy atom. The average molecular weight is 230 g/mol. The van der Waals surface area contributed by atoms with Crippen LogP contribution in [0.3, 0.4) is 0 Å². The molecule has 0 atom stereocenters. The van der Waals surface area contributed by atoms with Gasteiger partial charge in [-0.15, -0.1) is 10.2 Å². The maximum atomic E-state index is 6.34. The van der Waals surface area contributed by atoms with Gasteiger partial charge in [0.15, 0.2) is 5.82 Å². The molecular weight excluding hydrogens is 216 g/mol. The molecule has 2 aromatic heterocycles. The third-order valence-electron chi connectivity index (χ3n) is 3.86. The van der Waals surface area contributed by atoms with Crippen molar-refractivity contribution >= 4 is 11.5 Å². The van der Waals surface area contributed by atoms with E-state index in [1.165, 1.54) is 12.8 Å². The van der Waals surface area contributed by atoms with Crippen LogP contribution in [-0.2, 0) is 0 Å². The number of nitrogens with two attached hydrogens (primary N) is 1. The minimum atomic E-state index is 0.00847. The number of rotatable bonds is 2. The van der Waals surface area contributed by atoms with Crippen molar-refractivity contribution in [2.75, 3.05) is 18.0 Å². The SMILES string of the molecule is NC1(C2CC2)CN(c2nccn3cnnc23)C1. The van der Waals surface area contributed by atoms with E-state index in [0.29, 0.717) is 0 Å². The summed E-state index contributed by atoms with van der Waals surface area (Å²) in [7, 11) is 0. The van der Waals surface area contributed by atoms with E-state index in [-0.39, 0.29) is 5.54 Å². The summed E-state index contributed by atoms with van der Waals surface area (Å²) in [4.78, 5) is 6.59. The van der Waals surface area contributed by atoms with Gasteiger partial charge >= 0.3 is 0 Å². The van der Waals surface area contributed by atoms with Crippen molar-refractivity contribution < 1.29 is 0 Å². The molecule has 0 aromatic carbocycles. The first kappa shape index (κ1) is 9.35. The zero-order valence-electron chi connectivity index (χ0n) is 9.45. The van der Waals surface area contributed by atoms with Crippen LogP contribution in [0.15, 0.2) is 18.7 Å². The van der Waals surface area contributed by atoms with Crippen molar-refractivity contribution in [1.29, 1.82) is 0 Å². The van der Waals surface area contributed by atoms with Gasteiger partial charge in [-0.05, 0) is 18.8 Å². The topological polar surface area (TPSA) is 72.3 Å². The molecule has 4 rings (SSSR count). The Morgan fingerprint density at radius 2 is 2.18 bits per heavy atom. The fourth-order valence-corrected chi connectivity index (χ4v) is 2.70. The van der Waals surface area contributed by atoms with E-state index in [2.05, 4.69) is 20.1 Å². The standard InChI is InChI=1S/C11H14N6/c12-11(8-1-2-8)5-17(6-11)9-10-15-14-7-16(10)4-3-13-9/h3-4,7-8H,1-2,5-6,12H2. The zero-order valence-corrected chi connectivity index (χ0v) is 9.45. The summed E-state index contributed by atoms with van der Waals surface area (Å²) in [5.41, 5.74) is 7.16. The van der Waals surface area contributed by atoms with Gasteiger partial charge in [0.2, 0.25) is 5.65 Å². The van der Waals surface area contributed by atoms with Gasteiger partial charge in [0.25, 0.3) is 0 Å². The van der Waals surface area contributed by atoms with E-state index in [1.54, 1.807) is 12.5 Å². The van der Waals surface area contributed by atoms with Crippen LogP contribution in [-0.4, -0.2) is 38.2 Å². The third kappa shape index (κ3) is 1.27. The Balaban J connectivity index is 1.66. The summed E-state index contributed by atoms with van der Waals surface area (Å²) in [6.45, 7) is 1.77. The molecule has 1 saturated heterocycles. The molecule has 0 unspecified atom stereocenters. The number of hydrogen-bond donors (Lipinski definition) is 1.